The van der Waals surface area contributed by atoms with Crippen molar-refractivity contribution < 1.29 is 9.59 Å². The van der Waals surface area contributed by atoms with Gasteiger partial charge in [0, 0.05) is 16.9 Å². The van der Waals surface area contributed by atoms with Crippen LogP contribution in [0.2, 0.25) is 0 Å². The van der Waals surface area contributed by atoms with Crippen molar-refractivity contribution in [3.05, 3.63) is 29.3 Å². The van der Waals surface area contributed by atoms with Crippen LogP contribution in [0.25, 0.3) is 0 Å². The number of benzene rings is 1. The molecule has 0 aliphatic heterocycles. The number of Topliss-reactive ketones (excluding diaryl/α,β-unsaturated/α-hetero) is 1. The molecule has 0 saturated heterocycles. The summed E-state index contributed by atoms with van der Waals surface area (Å²) in [6.45, 7) is 1.51. The molecule has 1 rings (SSSR count). The first kappa shape index (κ1) is 9.99. The molecule has 0 spiro atoms. The second kappa shape index (κ2) is 4.23. The van der Waals surface area contributed by atoms with Crippen molar-refractivity contribution in [1.29, 1.82) is 0 Å². The van der Waals surface area contributed by atoms with Crippen LogP contribution in [0.15, 0.2) is 23.1 Å². The van der Waals surface area contributed by atoms with Gasteiger partial charge in [0.2, 0.25) is 0 Å². The van der Waals surface area contributed by atoms with Crippen LogP contribution < -0.4 is 0 Å². The van der Waals surface area contributed by atoms with Crippen molar-refractivity contribution in [2.75, 3.05) is 0 Å². The van der Waals surface area contributed by atoms with Gasteiger partial charge >= 0.3 is 0 Å². The average molecular weight is 194 g/mol. The standard InChI is InChI=1S/C10H10O2S/c1-7(12)4-9-5-8(6-11)2-3-10(9)13/h2-3,5-6,13H,4H2,1H3. The molecule has 0 fully saturated rings. The van der Waals surface area contributed by atoms with Crippen LogP contribution in [0, 0.1) is 0 Å². The molecule has 0 aliphatic rings. The van der Waals surface area contributed by atoms with Crippen molar-refractivity contribution in [2.45, 2.75) is 18.2 Å². The molecule has 0 saturated carbocycles. The van der Waals surface area contributed by atoms with E-state index in [1.54, 1.807) is 18.2 Å². The van der Waals surface area contributed by atoms with Gasteiger partial charge in [-0.2, -0.15) is 0 Å². The van der Waals surface area contributed by atoms with Crippen LogP contribution in [0.1, 0.15) is 22.8 Å². The van der Waals surface area contributed by atoms with E-state index in [9.17, 15) is 9.59 Å². The van der Waals surface area contributed by atoms with Crippen LogP contribution in [0.4, 0.5) is 0 Å². The minimum Gasteiger partial charge on any atom is -0.300 e. The Morgan fingerprint density at radius 2 is 2.23 bits per heavy atom. The number of hydrogen-bond acceptors (Lipinski definition) is 3. The highest BCUT2D eigenvalue weighted by atomic mass is 32.1. The highest BCUT2D eigenvalue weighted by Crippen LogP contribution is 2.15. The number of rotatable bonds is 3. The monoisotopic (exact) mass is 194 g/mol. The van der Waals surface area contributed by atoms with E-state index in [4.69, 9.17) is 0 Å². The maximum atomic E-state index is 10.8. The van der Waals surface area contributed by atoms with Gasteiger partial charge in [0.25, 0.3) is 0 Å². The Bertz CT molecular complexity index is 345. The smallest absolute Gasteiger partial charge is 0.150 e. The zero-order valence-electron chi connectivity index (χ0n) is 7.28. The highest BCUT2D eigenvalue weighted by molar-refractivity contribution is 7.80. The van der Waals surface area contributed by atoms with Crippen molar-refractivity contribution in [1.82, 2.24) is 0 Å². The fourth-order valence-electron chi connectivity index (χ4n) is 1.09. The van der Waals surface area contributed by atoms with Crippen molar-refractivity contribution in [2.24, 2.45) is 0 Å². The van der Waals surface area contributed by atoms with Gasteiger partial charge in [0.1, 0.15) is 12.1 Å². The number of carbonyl (C=O) groups is 2. The summed E-state index contributed by atoms with van der Waals surface area (Å²) in [6, 6.07) is 5.10. The first-order valence-corrected chi connectivity index (χ1v) is 4.34. The molecule has 1 aromatic carbocycles. The summed E-state index contributed by atoms with van der Waals surface area (Å²) in [4.78, 5) is 22.0. The quantitative estimate of drug-likeness (QED) is 0.589. The van der Waals surface area contributed by atoms with E-state index in [1.807, 2.05) is 0 Å². The highest BCUT2D eigenvalue weighted by Gasteiger charge is 2.03. The maximum absolute atomic E-state index is 10.8. The first-order valence-electron chi connectivity index (χ1n) is 3.90. The number of carbonyl (C=O) groups excluding carboxylic acids is 2. The van der Waals surface area contributed by atoms with Crippen molar-refractivity contribution in [3.63, 3.8) is 0 Å². The Morgan fingerprint density at radius 1 is 1.54 bits per heavy atom. The predicted octanol–water partition coefficient (Wildman–Crippen LogP) is 1.92. The topological polar surface area (TPSA) is 34.1 Å². The number of aldehydes is 1. The molecule has 0 amide bonds. The van der Waals surface area contributed by atoms with Crippen LogP contribution in [-0.4, -0.2) is 12.1 Å². The average Bonchev–Trinajstić information content (AvgIpc) is 2.08. The number of thiol groups is 1. The van der Waals surface area contributed by atoms with E-state index >= 15 is 0 Å². The summed E-state index contributed by atoms with van der Waals surface area (Å²) in [7, 11) is 0. The Labute approximate surface area is 82.4 Å². The van der Waals surface area contributed by atoms with Crippen molar-refractivity contribution >= 4 is 24.7 Å². The van der Waals surface area contributed by atoms with E-state index in [-0.39, 0.29) is 5.78 Å². The van der Waals surface area contributed by atoms with Crippen LogP contribution in [-0.2, 0) is 11.2 Å². The fraction of sp³-hybridized carbons (Fsp3) is 0.200. The van der Waals surface area contributed by atoms with Crippen LogP contribution in [0.5, 0.6) is 0 Å². The van der Waals surface area contributed by atoms with Gasteiger partial charge in [-0.3, -0.25) is 9.59 Å². The largest absolute Gasteiger partial charge is 0.300 e. The lowest BCUT2D eigenvalue weighted by Crippen LogP contribution is -1.98. The lowest BCUT2D eigenvalue weighted by atomic mass is 10.1. The molecule has 2 nitrogen and oxygen atoms in total. The van der Waals surface area contributed by atoms with Gasteiger partial charge in [0.15, 0.2) is 0 Å². The van der Waals surface area contributed by atoms with Crippen LogP contribution in [0.3, 0.4) is 0 Å². The molecule has 3 heteroatoms. The normalized spacial score (nSPS) is 9.69. The van der Waals surface area contributed by atoms with E-state index in [1.165, 1.54) is 6.92 Å². The fourth-order valence-corrected chi connectivity index (χ4v) is 1.31. The summed E-state index contributed by atoms with van der Waals surface area (Å²) in [5, 5.41) is 0. The Balaban J connectivity index is 3.03. The third-order valence-electron chi connectivity index (χ3n) is 1.68. The Hall–Kier alpha value is -1.09. The summed E-state index contributed by atoms with van der Waals surface area (Å²) < 4.78 is 0. The molecule has 0 aliphatic carbocycles. The van der Waals surface area contributed by atoms with Gasteiger partial charge in [0.05, 0.1) is 0 Å². The molecular weight excluding hydrogens is 184 g/mol. The van der Waals surface area contributed by atoms with Gasteiger partial charge in [-0.25, -0.2) is 0 Å². The van der Waals surface area contributed by atoms with Crippen molar-refractivity contribution in [3.8, 4) is 0 Å². The maximum Gasteiger partial charge on any atom is 0.150 e. The second-order valence-corrected chi connectivity index (χ2v) is 3.37. The zero-order valence-corrected chi connectivity index (χ0v) is 8.17. The number of ketones is 1. The number of hydrogen-bond donors (Lipinski definition) is 1. The third kappa shape index (κ3) is 2.70. The van der Waals surface area contributed by atoms with Gasteiger partial charge in [-0.15, -0.1) is 12.6 Å². The first-order chi connectivity index (χ1) is 6.13. The molecule has 0 heterocycles. The van der Waals surface area contributed by atoms with E-state index in [2.05, 4.69) is 12.6 Å². The third-order valence-corrected chi connectivity index (χ3v) is 2.12. The molecule has 1 aromatic rings. The lowest BCUT2D eigenvalue weighted by Gasteiger charge is -2.02. The molecule has 0 radical (unpaired) electrons. The molecule has 68 valence electrons. The minimum atomic E-state index is 0.0679. The van der Waals surface area contributed by atoms with Crippen LogP contribution >= 0.6 is 12.6 Å². The lowest BCUT2D eigenvalue weighted by molar-refractivity contribution is -0.116. The molecule has 0 aromatic heterocycles. The molecule has 0 bridgehead atoms. The second-order valence-electron chi connectivity index (χ2n) is 2.88. The van der Waals surface area contributed by atoms with Gasteiger partial charge in [-0.05, 0) is 24.6 Å². The summed E-state index contributed by atoms with van der Waals surface area (Å²) >= 11 is 4.19. The minimum absolute atomic E-state index is 0.0679. The predicted molar refractivity (Wildman–Crippen MR) is 53.5 cm³/mol. The Kier molecular flexibility index (Phi) is 3.25. The summed E-state index contributed by atoms with van der Waals surface area (Å²) in [5.74, 6) is 0.0679. The molecule has 0 atom stereocenters. The van der Waals surface area contributed by atoms with E-state index in [0.29, 0.717) is 12.0 Å². The SMILES string of the molecule is CC(=O)Cc1cc(C=O)ccc1S. The van der Waals surface area contributed by atoms with E-state index < -0.39 is 0 Å². The van der Waals surface area contributed by atoms with Gasteiger partial charge in [-0.1, -0.05) is 6.07 Å². The molecule has 13 heavy (non-hydrogen) atoms. The zero-order chi connectivity index (χ0) is 9.84. The summed E-state index contributed by atoms with van der Waals surface area (Å²) in [6.07, 6.45) is 1.09. The summed E-state index contributed by atoms with van der Waals surface area (Å²) in [5.41, 5.74) is 1.38. The Morgan fingerprint density at radius 3 is 2.77 bits per heavy atom. The van der Waals surface area contributed by atoms with E-state index in [0.717, 1.165) is 16.7 Å². The molecule has 0 N–H and O–H groups in total. The molecule has 0 unspecified atom stereocenters. The van der Waals surface area contributed by atoms with Gasteiger partial charge < -0.3 is 0 Å². The molecular formula is C10H10O2S.